The molecule has 1 atom stereocenters. The topological polar surface area (TPSA) is 92.3 Å². The number of Topliss-reactive ketones (excluding diaryl/α,β-unsaturated/α-hetero) is 1. The summed E-state index contributed by atoms with van der Waals surface area (Å²) in [5.74, 6) is -0.344. The molecular weight excluding hydrogens is 376 g/mol. The van der Waals surface area contributed by atoms with E-state index in [1.54, 1.807) is 37.3 Å². The lowest BCUT2D eigenvalue weighted by Crippen LogP contribution is -2.27. The Morgan fingerprint density at radius 1 is 1.00 bits per heavy atom. The van der Waals surface area contributed by atoms with Crippen LogP contribution in [0.5, 0.6) is 0 Å². The molecule has 1 unspecified atom stereocenters. The minimum atomic E-state index is -3.43. The van der Waals surface area contributed by atoms with Crippen molar-refractivity contribution in [2.45, 2.75) is 39.7 Å². The number of hydrogen-bond donors (Lipinski definition) is 2. The molecular formula is C21H26N2O4S. The zero-order chi connectivity index (χ0) is 20.9. The maximum Gasteiger partial charge on any atom is 0.229 e. The average molecular weight is 403 g/mol. The molecule has 0 aliphatic carbocycles. The van der Waals surface area contributed by atoms with Crippen molar-refractivity contribution in [3.05, 3.63) is 64.7 Å². The van der Waals surface area contributed by atoms with Gasteiger partial charge in [-0.3, -0.25) is 14.3 Å². The zero-order valence-electron chi connectivity index (χ0n) is 16.6. The second kappa shape index (κ2) is 9.01. The monoisotopic (exact) mass is 402 g/mol. The molecule has 2 aromatic carbocycles. The molecule has 1 amide bonds. The Labute approximate surface area is 166 Å². The number of sulfonamides is 1. The first-order chi connectivity index (χ1) is 13.1. The van der Waals surface area contributed by atoms with Crippen LogP contribution < -0.4 is 10.0 Å². The quantitative estimate of drug-likeness (QED) is 0.661. The summed E-state index contributed by atoms with van der Waals surface area (Å²) in [5, 5.41) is 2.82. The van der Waals surface area contributed by atoms with Crippen LogP contribution >= 0.6 is 0 Å². The summed E-state index contributed by atoms with van der Waals surface area (Å²) in [6.07, 6.45) is 1.26. The fourth-order valence-electron chi connectivity index (χ4n) is 2.84. The third-order valence-corrected chi connectivity index (χ3v) is 5.10. The van der Waals surface area contributed by atoms with E-state index in [4.69, 9.17) is 0 Å². The Balaban J connectivity index is 1.98. The average Bonchev–Trinajstić information content (AvgIpc) is 2.61. The smallest absolute Gasteiger partial charge is 0.229 e. The van der Waals surface area contributed by atoms with Crippen LogP contribution in [-0.4, -0.2) is 26.4 Å². The van der Waals surface area contributed by atoms with Gasteiger partial charge in [-0.25, -0.2) is 8.42 Å². The molecule has 2 rings (SSSR count). The van der Waals surface area contributed by atoms with Gasteiger partial charge in [0.05, 0.1) is 18.0 Å². The fraction of sp³-hybridized carbons (Fsp3) is 0.333. The van der Waals surface area contributed by atoms with Gasteiger partial charge in [-0.05, 0) is 49.6 Å². The van der Waals surface area contributed by atoms with Crippen molar-refractivity contribution in [2.24, 2.45) is 0 Å². The molecule has 150 valence electrons. The molecule has 2 N–H and O–H groups in total. The normalized spacial score (nSPS) is 12.3. The van der Waals surface area contributed by atoms with Crippen molar-refractivity contribution < 1.29 is 18.0 Å². The maximum absolute atomic E-state index is 12.3. The van der Waals surface area contributed by atoms with Crippen molar-refractivity contribution in [1.29, 1.82) is 0 Å². The van der Waals surface area contributed by atoms with Crippen molar-refractivity contribution in [3.63, 3.8) is 0 Å². The van der Waals surface area contributed by atoms with Gasteiger partial charge in [0, 0.05) is 18.4 Å². The molecule has 0 heterocycles. The first kappa shape index (κ1) is 21.6. The lowest BCUT2D eigenvalue weighted by Gasteiger charge is -2.18. The molecule has 0 aliphatic rings. The van der Waals surface area contributed by atoms with E-state index in [2.05, 4.69) is 10.0 Å². The summed E-state index contributed by atoms with van der Waals surface area (Å²) >= 11 is 0. The lowest BCUT2D eigenvalue weighted by atomic mass is 10.0. The van der Waals surface area contributed by atoms with Gasteiger partial charge in [0.15, 0.2) is 5.78 Å². The van der Waals surface area contributed by atoms with Gasteiger partial charge in [-0.15, -0.1) is 0 Å². The van der Waals surface area contributed by atoms with Crippen molar-refractivity contribution in [1.82, 2.24) is 5.32 Å². The molecule has 0 fully saturated rings. The van der Waals surface area contributed by atoms with Crippen LogP contribution in [0.3, 0.4) is 0 Å². The number of nitrogens with one attached hydrogen (secondary N) is 2. The maximum atomic E-state index is 12.3. The highest BCUT2D eigenvalue weighted by Gasteiger charge is 2.16. The molecule has 0 saturated heterocycles. The molecule has 2 aromatic rings. The summed E-state index contributed by atoms with van der Waals surface area (Å²) in [7, 11) is -3.43. The van der Waals surface area contributed by atoms with Crippen molar-refractivity contribution in [3.8, 4) is 0 Å². The van der Waals surface area contributed by atoms with Crippen LogP contribution in [0, 0.1) is 13.8 Å². The minimum Gasteiger partial charge on any atom is -0.349 e. The number of ketones is 1. The van der Waals surface area contributed by atoms with Gasteiger partial charge in [0.2, 0.25) is 15.9 Å². The first-order valence-corrected chi connectivity index (χ1v) is 10.9. The van der Waals surface area contributed by atoms with Crippen molar-refractivity contribution in [2.75, 3.05) is 11.0 Å². The summed E-state index contributed by atoms with van der Waals surface area (Å²) < 4.78 is 25.5. The molecule has 0 aliphatic heterocycles. The van der Waals surface area contributed by atoms with Gasteiger partial charge in [0.25, 0.3) is 0 Å². The van der Waals surface area contributed by atoms with Crippen LogP contribution in [0.2, 0.25) is 0 Å². The number of aryl methyl sites for hydroxylation is 2. The van der Waals surface area contributed by atoms with Gasteiger partial charge in [-0.1, -0.05) is 30.3 Å². The molecule has 0 bridgehead atoms. The molecule has 0 aromatic heterocycles. The molecule has 0 saturated carbocycles. The Hall–Kier alpha value is -2.67. The van der Waals surface area contributed by atoms with Crippen molar-refractivity contribution >= 4 is 27.4 Å². The summed E-state index contributed by atoms with van der Waals surface area (Å²) in [5.41, 5.74) is 3.83. The highest BCUT2D eigenvalue weighted by atomic mass is 32.2. The Kier molecular flexibility index (Phi) is 6.96. The second-order valence-electron chi connectivity index (χ2n) is 6.97. The highest BCUT2D eigenvalue weighted by molar-refractivity contribution is 7.92. The number of amides is 1. The third-order valence-electron chi connectivity index (χ3n) is 4.51. The van der Waals surface area contributed by atoms with E-state index in [0.29, 0.717) is 16.8 Å². The number of para-hydroxylation sites is 1. The lowest BCUT2D eigenvalue weighted by molar-refractivity contribution is -0.121. The van der Waals surface area contributed by atoms with Crippen LogP contribution in [-0.2, 0) is 14.8 Å². The molecule has 6 nitrogen and oxygen atoms in total. The number of carbonyl (C=O) groups excluding carboxylic acids is 2. The summed E-state index contributed by atoms with van der Waals surface area (Å²) in [6.45, 7) is 5.70. The second-order valence-corrected chi connectivity index (χ2v) is 8.72. The zero-order valence-corrected chi connectivity index (χ0v) is 17.4. The van der Waals surface area contributed by atoms with Crippen LogP contribution in [0.1, 0.15) is 52.9 Å². The number of anilines is 1. The first-order valence-electron chi connectivity index (χ1n) is 9.03. The largest absolute Gasteiger partial charge is 0.349 e. The summed E-state index contributed by atoms with van der Waals surface area (Å²) in [6, 6.07) is 12.0. The fourth-order valence-corrected chi connectivity index (χ4v) is 3.43. The minimum absolute atomic E-state index is 0.0672. The van der Waals surface area contributed by atoms with E-state index < -0.39 is 16.1 Å². The van der Waals surface area contributed by atoms with Gasteiger partial charge < -0.3 is 5.32 Å². The summed E-state index contributed by atoms with van der Waals surface area (Å²) in [4.78, 5) is 24.6. The number of rotatable bonds is 8. The Bertz CT molecular complexity index is 984. The van der Waals surface area contributed by atoms with E-state index >= 15 is 0 Å². The molecule has 0 spiro atoms. The van der Waals surface area contributed by atoms with E-state index in [0.717, 1.165) is 17.4 Å². The van der Waals surface area contributed by atoms with Crippen LogP contribution in [0.15, 0.2) is 42.5 Å². The van der Waals surface area contributed by atoms with E-state index in [9.17, 15) is 18.0 Å². The Morgan fingerprint density at radius 3 is 2.32 bits per heavy atom. The van der Waals surface area contributed by atoms with E-state index in [1.165, 1.54) is 0 Å². The predicted octanol–water partition coefficient (Wildman–Crippen LogP) is 3.52. The SMILES string of the molecule is Cc1ccc(C(=O)CCC(=O)NC(C)c2ccccc2NS(C)(=O)=O)cc1C. The highest BCUT2D eigenvalue weighted by Crippen LogP contribution is 2.23. The Morgan fingerprint density at radius 2 is 1.68 bits per heavy atom. The molecule has 0 radical (unpaired) electrons. The molecule has 28 heavy (non-hydrogen) atoms. The van der Waals surface area contributed by atoms with E-state index in [-0.39, 0.29) is 24.5 Å². The van der Waals surface area contributed by atoms with E-state index in [1.807, 2.05) is 26.0 Å². The van der Waals surface area contributed by atoms with Crippen LogP contribution in [0.25, 0.3) is 0 Å². The molecule has 7 heteroatoms. The predicted molar refractivity (Wildman–Crippen MR) is 111 cm³/mol. The van der Waals surface area contributed by atoms with Crippen LogP contribution in [0.4, 0.5) is 5.69 Å². The van der Waals surface area contributed by atoms with Gasteiger partial charge in [0.1, 0.15) is 0 Å². The van der Waals surface area contributed by atoms with Gasteiger partial charge >= 0.3 is 0 Å². The van der Waals surface area contributed by atoms with Gasteiger partial charge in [-0.2, -0.15) is 0 Å². The third kappa shape index (κ3) is 6.20. The number of benzene rings is 2. The number of hydrogen-bond acceptors (Lipinski definition) is 4. The number of carbonyl (C=O) groups is 2. The standard InChI is InChI=1S/C21H26N2O4S/c1-14-9-10-17(13-15(14)2)20(24)11-12-21(25)22-16(3)18-7-5-6-8-19(18)23-28(4,26)27/h5-10,13,16,23H,11-12H2,1-4H3,(H,22,25).